The summed E-state index contributed by atoms with van der Waals surface area (Å²) in [5, 5.41) is 14.3. The zero-order valence-corrected chi connectivity index (χ0v) is 13.0. The van der Waals surface area contributed by atoms with Crippen LogP contribution in [0.25, 0.3) is 0 Å². The Morgan fingerprint density at radius 2 is 2.18 bits per heavy atom. The summed E-state index contributed by atoms with van der Waals surface area (Å²) in [4.78, 5) is 23.7. The molecular formula is C14H18ClN3O4. The van der Waals surface area contributed by atoms with Gasteiger partial charge in [-0.3, -0.25) is 10.1 Å². The molecule has 1 fully saturated rings. The Hall–Kier alpha value is -2.02. The van der Waals surface area contributed by atoms with Crippen molar-refractivity contribution in [3.05, 3.63) is 33.3 Å². The van der Waals surface area contributed by atoms with Crippen molar-refractivity contribution in [2.75, 3.05) is 25.0 Å². The zero-order chi connectivity index (χ0) is 16.1. The number of nitro benzene ring substituents is 1. The molecule has 1 saturated heterocycles. The van der Waals surface area contributed by atoms with E-state index in [2.05, 4.69) is 5.32 Å². The van der Waals surface area contributed by atoms with Crippen molar-refractivity contribution >= 4 is 29.1 Å². The highest BCUT2D eigenvalue weighted by molar-refractivity contribution is 6.32. The fourth-order valence-electron chi connectivity index (χ4n) is 2.40. The molecule has 1 heterocycles. The van der Waals surface area contributed by atoms with Gasteiger partial charge in [-0.15, -0.1) is 0 Å². The van der Waals surface area contributed by atoms with E-state index in [1.807, 2.05) is 0 Å². The molecule has 0 unspecified atom stereocenters. The number of anilines is 1. The molecule has 1 aliphatic rings. The van der Waals surface area contributed by atoms with E-state index >= 15 is 0 Å². The highest BCUT2D eigenvalue weighted by Gasteiger charge is 2.24. The van der Waals surface area contributed by atoms with Crippen LogP contribution in [-0.2, 0) is 4.74 Å². The van der Waals surface area contributed by atoms with E-state index in [-0.39, 0.29) is 22.8 Å². The van der Waals surface area contributed by atoms with Crippen LogP contribution in [0.5, 0.6) is 0 Å². The van der Waals surface area contributed by atoms with Crippen molar-refractivity contribution in [2.24, 2.45) is 0 Å². The lowest BCUT2D eigenvalue weighted by molar-refractivity contribution is -0.384. The number of carbonyl (C=O) groups excluding carboxylic acids is 1. The fourth-order valence-corrected chi connectivity index (χ4v) is 2.59. The number of amides is 1. The second kappa shape index (κ2) is 7.31. The predicted octanol–water partition coefficient (Wildman–Crippen LogP) is 3.28. The third-order valence-corrected chi connectivity index (χ3v) is 3.85. The normalized spacial score (nSPS) is 15.5. The van der Waals surface area contributed by atoms with Crippen LogP contribution in [0.3, 0.4) is 0 Å². The maximum Gasteiger partial charge on any atom is 0.409 e. The smallest absolute Gasteiger partial charge is 0.409 e. The third-order valence-electron chi connectivity index (χ3n) is 3.53. The molecule has 0 saturated carbocycles. The van der Waals surface area contributed by atoms with Crippen molar-refractivity contribution in [3.63, 3.8) is 0 Å². The summed E-state index contributed by atoms with van der Waals surface area (Å²) in [6.07, 6.45) is 1.23. The molecular weight excluding hydrogens is 310 g/mol. The Kier molecular flexibility index (Phi) is 5.43. The van der Waals surface area contributed by atoms with E-state index in [1.165, 1.54) is 12.1 Å². The number of benzene rings is 1. The summed E-state index contributed by atoms with van der Waals surface area (Å²) in [7, 11) is 0. The van der Waals surface area contributed by atoms with E-state index in [1.54, 1.807) is 17.9 Å². The first kappa shape index (κ1) is 16.4. The highest BCUT2D eigenvalue weighted by atomic mass is 35.5. The molecule has 0 atom stereocenters. The van der Waals surface area contributed by atoms with Gasteiger partial charge in [0.2, 0.25) is 0 Å². The summed E-state index contributed by atoms with van der Waals surface area (Å²) in [5.74, 6) is 0. The maximum atomic E-state index is 11.6. The minimum atomic E-state index is -0.503. The van der Waals surface area contributed by atoms with Gasteiger partial charge < -0.3 is 15.0 Å². The van der Waals surface area contributed by atoms with Crippen LogP contribution < -0.4 is 5.32 Å². The first-order valence-electron chi connectivity index (χ1n) is 7.13. The molecule has 8 heteroatoms. The van der Waals surface area contributed by atoms with Gasteiger partial charge in [-0.2, -0.15) is 0 Å². The average molecular weight is 328 g/mol. The second-order valence-corrected chi connectivity index (χ2v) is 5.44. The number of carbonyl (C=O) groups is 1. The van der Waals surface area contributed by atoms with Crippen molar-refractivity contribution in [1.29, 1.82) is 0 Å². The number of nitrogens with zero attached hydrogens (tertiary/aromatic N) is 2. The molecule has 0 spiro atoms. The number of halogens is 1. The van der Waals surface area contributed by atoms with E-state index in [4.69, 9.17) is 16.3 Å². The summed E-state index contributed by atoms with van der Waals surface area (Å²) < 4.78 is 4.97. The maximum absolute atomic E-state index is 11.6. The Bertz CT molecular complexity index is 559. The molecule has 0 radical (unpaired) electrons. The van der Waals surface area contributed by atoms with Crippen LogP contribution in [0.2, 0.25) is 5.02 Å². The highest BCUT2D eigenvalue weighted by Crippen LogP contribution is 2.28. The monoisotopic (exact) mass is 327 g/mol. The molecule has 1 aromatic rings. The quantitative estimate of drug-likeness (QED) is 0.677. The van der Waals surface area contributed by atoms with Crippen LogP contribution in [0.1, 0.15) is 19.8 Å². The van der Waals surface area contributed by atoms with Crippen LogP contribution in [0.15, 0.2) is 18.2 Å². The molecule has 1 N–H and O–H groups in total. The fraction of sp³-hybridized carbons (Fsp3) is 0.500. The number of hydrogen-bond donors (Lipinski definition) is 1. The zero-order valence-electron chi connectivity index (χ0n) is 12.3. The minimum Gasteiger partial charge on any atom is -0.450 e. The number of nitro groups is 1. The van der Waals surface area contributed by atoms with Gasteiger partial charge in [-0.25, -0.2) is 4.79 Å². The molecule has 0 aliphatic carbocycles. The standard InChI is InChI=1S/C14H18ClN3O4/c1-2-22-14(19)17-7-5-10(6-8-17)16-11-3-4-12(15)13(9-11)18(20)21/h3-4,9-10,16H,2,5-8H2,1H3. The van der Waals surface area contributed by atoms with Gasteiger partial charge in [0.1, 0.15) is 5.02 Å². The third kappa shape index (κ3) is 4.00. The van der Waals surface area contributed by atoms with Crippen LogP contribution in [-0.4, -0.2) is 41.7 Å². The van der Waals surface area contributed by atoms with Crippen LogP contribution >= 0.6 is 11.6 Å². The summed E-state index contributed by atoms with van der Waals surface area (Å²) in [6.45, 7) is 3.35. The Labute approximate surface area is 133 Å². The second-order valence-electron chi connectivity index (χ2n) is 5.03. The van der Waals surface area contributed by atoms with Crippen molar-refractivity contribution < 1.29 is 14.5 Å². The first-order chi connectivity index (χ1) is 10.5. The molecule has 22 heavy (non-hydrogen) atoms. The van der Waals surface area contributed by atoms with Crippen LogP contribution in [0.4, 0.5) is 16.2 Å². The molecule has 1 aromatic carbocycles. The lowest BCUT2D eigenvalue weighted by Crippen LogP contribution is -2.42. The topological polar surface area (TPSA) is 84.7 Å². The number of hydrogen-bond acceptors (Lipinski definition) is 5. The van der Waals surface area contributed by atoms with Gasteiger partial charge in [-0.05, 0) is 31.9 Å². The Morgan fingerprint density at radius 3 is 2.77 bits per heavy atom. The van der Waals surface area contributed by atoms with E-state index in [0.717, 1.165) is 12.8 Å². The number of nitrogens with one attached hydrogen (secondary N) is 1. The van der Waals surface area contributed by atoms with E-state index in [9.17, 15) is 14.9 Å². The van der Waals surface area contributed by atoms with Gasteiger partial charge in [0.15, 0.2) is 0 Å². The van der Waals surface area contributed by atoms with Crippen molar-refractivity contribution in [3.8, 4) is 0 Å². The first-order valence-corrected chi connectivity index (χ1v) is 7.51. The molecule has 120 valence electrons. The van der Waals surface area contributed by atoms with Crippen LogP contribution in [0, 0.1) is 10.1 Å². The average Bonchev–Trinajstić information content (AvgIpc) is 2.50. The van der Waals surface area contributed by atoms with Crippen molar-refractivity contribution in [1.82, 2.24) is 4.90 Å². The summed E-state index contributed by atoms with van der Waals surface area (Å²) in [6, 6.07) is 4.81. The largest absolute Gasteiger partial charge is 0.450 e. The molecule has 0 bridgehead atoms. The Balaban J connectivity index is 1.92. The lowest BCUT2D eigenvalue weighted by atomic mass is 10.0. The summed E-state index contributed by atoms with van der Waals surface area (Å²) in [5.41, 5.74) is 0.543. The molecule has 0 aromatic heterocycles. The van der Waals surface area contributed by atoms with Gasteiger partial charge in [0.05, 0.1) is 11.5 Å². The summed E-state index contributed by atoms with van der Waals surface area (Å²) >= 11 is 5.79. The van der Waals surface area contributed by atoms with Gasteiger partial charge in [0.25, 0.3) is 5.69 Å². The molecule has 7 nitrogen and oxygen atoms in total. The van der Waals surface area contributed by atoms with Gasteiger partial charge >= 0.3 is 6.09 Å². The van der Waals surface area contributed by atoms with Crippen molar-refractivity contribution in [2.45, 2.75) is 25.8 Å². The minimum absolute atomic E-state index is 0.115. The number of likely N-dealkylation sites (tertiary alicyclic amines) is 1. The van der Waals surface area contributed by atoms with Gasteiger partial charge in [0, 0.05) is 30.9 Å². The predicted molar refractivity (Wildman–Crippen MR) is 83.3 cm³/mol. The van der Waals surface area contributed by atoms with Gasteiger partial charge in [-0.1, -0.05) is 11.6 Å². The molecule has 1 amide bonds. The SMILES string of the molecule is CCOC(=O)N1CCC(Nc2ccc(Cl)c([N+](=O)[O-])c2)CC1. The number of rotatable bonds is 4. The lowest BCUT2D eigenvalue weighted by Gasteiger charge is -2.32. The Morgan fingerprint density at radius 1 is 1.50 bits per heavy atom. The molecule has 1 aliphatic heterocycles. The molecule has 2 rings (SSSR count). The number of piperidine rings is 1. The van der Waals surface area contributed by atoms with E-state index < -0.39 is 4.92 Å². The van der Waals surface area contributed by atoms with E-state index in [0.29, 0.717) is 25.4 Å². The number of ether oxygens (including phenoxy) is 1.